The van der Waals surface area contributed by atoms with E-state index < -0.39 is 0 Å². The number of hydrogen-bond donors (Lipinski definition) is 2. The summed E-state index contributed by atoms with van der Waals surface area (Å²) in [4.78, 5) is 25.5. The van der Waals surface area contributed by atoms with Crippen LogP contribution in [0.5, 0.6) is 5.75 Å². The summed E-state index contributed by atoms with van der Waals surface area (Å²) < 4.78 is 0. The van der Waals surface area contributed by atoms with E-state index in [0.717, 1.165) is 44.1 Å². The van der Waals surface area contributed by atoms with Gasteiger partial charge in [-0.25, -0.2) is 0 Å². The third-order valence-corrected chi connectivity index (χ3v) is 8.87. The van der Waals surface area contributed by atoms with Crippen LogP contribution in [0.15, 0.2) is 48.5 Å². The molecular weight excluding hydrogens is 410 g/mol. The molecule has 5 rings (SSSR count). The molecule has 0 spiro atoms. The Morgan fingerprint density at radius 1 is 1.15 bits per heavy atom. The number of fused-ring (bicyclic) bond motifs is 5. The van der Waals surface area contributed by atoms with Crippen molar-refractivity contribution >= 4 is 11.7 Å². The molecule has 1 amide bonds. The maximum absolute atomic E-state index is 13.1. The first kappa shape index (κ1) is 22.2. The molecule has 2 saturated carbocycles. The molecule has 2 N–H and O–H groups in total. The molecular formula is C29H35NO3. The highest BCUT2D eigenvalue weighted by atomic mass is 16.3. The standard InChI is InChI=1S/C29H35NO3/c1-29-15-14-24-23-13-11-22(31)16-20(23)10-12-25(24)28(29)21(17-26(29)32)8-5-9-27(33)30-18-19-6-3-2-4-7-19/h2-4,6-7,11,13,16,21,24-25,28,31H,5,8-10,12,14-15,17-18H2,1H3,(H,30,33)/t21-,24?,25?,28?,29-/m1/s1. The molecule has 0 radical (unpaired) electrons. The molecule has 4 heteroatoms. The van der Waals surface area contributed by atoms with Gasteiger partial charge in [0.15, 0.2) is 0 Å². The van der Waals surface area contributed by atoms with Gasteiger partial charge >= 0.3 is 0 Å². The molecule has 0 saturated heterocycles. The summed E-state index contributed by atoms with van der Waals surface area (Å²) in [5.74, 6) is 2.72. The second-order valence-corrected chi connectivity index (χ2v) is 10.7. The van der Waals surface area contributed by atoms with Gasteiger partial charge in [0.1, 0.15) is 11.5 Å². The molecule has 174 valence electrons. The van der Waals surface area contributed by atoms with E-state index in [-0.39, 0.29) is 11.3 Å². The van der Waals surface area contributed by atoms with E-state index in [2.05, 4.69) is 18.3 Å². The van der Waals surface area contributed by atoms with Gasteiger partial charge in [-0.05, 0) is 91.0 Å². The molecule has 0 aliphatic heterocycles. The van der Waals surface area contributed by atoms with Gasteiger partial charge in [-0.2, -0.15) is 0 Å². The van der Waals surface area contributed by atoms with Gasteiger partial charge in [-0.3, -0.25) is 9.59 Å². The molecule has 2 aromatic rings. The Bertz CT molecular complexity index is 1030. The number of rotatable bonds is 6. The lowest BCUT2D eigenvalue weighted by Gasteiger charge is -2.50. The lowest BCUT2D eigenvalue weighted by Crippen LogP contribution is -2.44. The van der Waals surface area contributed by atoms with Crippen LogP contribution < -0.4 is 5.32 Å². The van der Waals surface area contributed by atoms with Crippen molar-refractivity contribution in [2.24, 2.45) is 23.2 Å². The first-order valence-electron chi connectivity index (χ1n) is 12.6. The number of phenolic OH excluding ortho intramolecular Hbond substituents is 1. The highest BCUT2D eigenvalue weighted by Crippen LogP contribution is 2.62. The number of phenols is 1. The second-order valence-electron chi connectivity index (χ2n) is 10.7. The summed E-state index contributed by atoms with van der Waals surface area (Å²) in [6, 6.07) is 15.9. The summed E-state index contributed by atoms with van der Waals surface area (Å²) >= 11 is 0. The van der Waals surface area contributed by atoms with Gasteiger partial charge in [0.2, 0.25) is 5.91 Å². The monoisotopic (exact) mass is 445 g/mol. The SMILES string of the molecule is C[C@]12CCC3c4ccc(O)cc4CCC3C1[C@H](CCCC(=O)NCc1ccccc1)CC2=O. The minimum absolute atomic E-state index is 0.0962. The first-order valence-corrected chi connectivity index (χ1v) is 12.6. The Labute approximate surface area is 196 Å². The molecule has 0 heterocycles. The van der Waals surface area contributed by atoms with Crippen molar-refractivity contribution in [1.29, 1.82) is 0 Å². The lowest BCUT2D eigenvalue weighted by molar-refractivity contribution is -0.129. The van der Waals surface area contributed by atoms with Gasteiger partial charge in [0, 0.05) is 24.8 Å². The van der Waals surface area contributed by atoms with Gasteiger partial charge in [0.05, 0.1) is 0 Å². The van der Waals surface area contributed by atoms with Gasteiger partial charge < -0.3 is 10.4 Å². The first-order chi connectivity index (χ1) is 16.0. The van der Waals surface area contributed by atoms with Crippen molar-refractivity contribution in [2.45, 2.75) is 70.8 Å². The van der Waals surface area contributed by atoms with Crippen LogP contribution in [0.2, 0.25) is 0 Å². The van der Waals surface area contributed by atoms with E-state index in [4.69, 9.17) is 0 Å². The van der Waals surface area contributed by atoms with Crippen LogP contribution in [0, 0.1) is 23.2 Å². The fourth-order valence-electron chi connectivity index (χ4n) is 7.30. The van der Waals surface area contributed by atoms with Crippen LogP contribution in [0.3, 0.4) is 0 Å². The van der Waals surface area contributed by atoms with E-state index in [1.165, 1.54) is 11.1 Å². The maximum Gasteiger partial charge on any atom is 0.220 e. The molecule has 0 aromatic heterocycles. The van der Waals surface area contributed by atoms with Crippen molar-refractivity contribution < 1.29 is 14.7 Å². The smallest absolute Gasteiger partial charge is 0.220 e. The quantitative estimate of drug-likeness (QED) is 0.614. The van der Waals surface area contributed by atoms with E-state index in [9.17, 15) is 14.7 Å². The summed E-state index contributed by atoms with van der Waals surface area (Å²) in [5.41, 5.74) is 3.60. The molecule has 2 fully saturated rings. The normalized spacial score (nSPS) is 30.3. The Morgan fingerprint density at radius 2 is 1.97 bits per heavy atom. The predicted molar refractivity (Wildman–Crippen MR) is 129 cm³/mol. The number of aryl methyl sites for hydroxylation is 1. The molecule has 2 aromatic carbocycles. The zero-order valence-electron chi connectivity index (χ0n) is 19.6. The van der Waals surface area contributed by atoms with Crippen molar-refractivity contribution in [3.63, 3.8) is 0 Å². The summed E-state index contributed by atoms with van der Waals surface area (Å²) in [6.07, 6.45) is 7.11. The number of hydrogen-bond acceptors (Lipinski definition) is 3. The topological polar surface area (TPSA) is 66.4 Å². The Balaban J connectivity index is 1.23. The third kappa shape index (κ3) is 4.20. The zero-order valence-corrected chi connectivity index (χ0v) is 19.6. The van der Waals surface area contributed by atoms with E-state index in [1.54, 1.807) is 0 Å². The fourth-order valence-corrected chi connectivity index (χ4v) is 7.30. The molecule has 4 nitrogen and oxygen atoms in total. The van der Waals surface area contributed by atoms with E-state index in [1.807, 2.05) is 42.5 Å². The fraction of sp³-hybridized carbons (Fsp3) is 0.517. The Morgan fingerprint density at radius 3 is 2.79 bits per heavy atom. The van der Waals surface area contributed by atoms with E-state index in [0.29, 0.717) is 54.6 Å². The lowest BCUT2D eigenvalue weighted by atomic mass is 9.54. The molecule has 3 unspecified atom stereocenters. The number of benzene rings is 2. The largest absolute Gasteiger partial charge is 0.508 e. The molecule has 33 heavy (non-hydrogen) atoms. The highest BCUT2D eigenvalue weighted by Gasteiger charge is 2.58. The molecule has 5 atom stereocenters. The van der Waals surface area contributed by atoms with Crippen LogP contribution in [-0.4, -0.2) is 16.8 Å². The van der Waals surface area contributed by atoms with Crippen LogP contribution in [0.1, 0.15) is 74.5 Å². The van der Waals surface area contributed by atoms with Crippen molar-refractivity contribution in [3.05, 3.63) is 65.2 Å². The maximum atomic E-state index is 13.1. The zero-order chi connectivity index (χ0) is 23.0. The van der Waals surface area contributed by atoms with E-state index >= 15 is 0 Å². The highest BCUT2D eigenvalue weighted by molar-refractivity contribution is 5.87. The average Bonchev–Trinajstić information content (AvgIpc) is 3.08. The van der Waals surface area contributed by atoms with Crippen molar-refractivity contribution in [1.82, 2.24) is 5.32 Å². The van der Waals surface area contributed by atoms with Crippen LogP contribution in [-0.2, 0) is 22.6 Å². The predicted octanol–water partition coefficient (Wildman–Crippen LogP) is 5.53. The molecule has 3 aliphatic carbocycles. The van der Waals surface area contributed by atoms with Crippen LogP contribution >= 0.6 is 0 Å². The number of aromatic hydroxyl groups is 1. The van der Waals surface area contributed by atoms with Gasteiger partial charge in [-0.1, -0.05) is 43.3 Å². The number of ketones is 1. The van der Waals surface area contributed by atoms with Crippen molar-refractivity contribution in [3.8, 4) is 5.75 Å². The third-order valence-electron chi connectivity index (χ3n) is 8.87. The number of nitrogens with one attached hydrogen (secondary N) is 1. The molecule has 0 bridgehead atoms. The van der Waals surface area contributed by atoms with Gasteiger partial charge in [0.25, 0.3) is 0 Å². The number of carbonyl (C=O) groups is 2. The Kier molecular flexibility index (Phi) is 6.03. The van der Waals surface area contributed by atoms with Crippen LogP contribution in [0.4, 0.5) is 0 Å². The number of carbonyl (C=O) groups excluding carboxylic acids is 2. The summed E-state index contributed by atoms with van der Waals surface area (Å²) in [5, 5.41) is 13.0. The number of Topliss-reactive ketones (excluding diaryl/α,β-unsaturated/α-hetero) is 1. The second kappa shape index (κ2) is 8.96. The van der Waals surface area contributed by atoms with Crippen LogP contribution in [0.25, 0.3) is 0 Å². The van der Waals surface area contributed by atoms with Crippen molar-refractivity contribution in [2.75, 3.05) is 0 Å². The number of amides is 1. The summed E-state index contributed by atoms with van der Waals surface area (Å²) in [7, 11) is 0. The average molecular weight is 446 g/mol. The summed E-state index contributed by atoms with van der Waals surface area (Å²) in [6.45, 7) is 2.79. The molecule has 3 aliphatic rings. The van der Waals surface area contributed by atoms with Gasteiger partial charge in [-0.15, -0.1) is 0 Å². The Hall–Kier alpha value is -2.62. The minimum atomic E-state index is -0.199. The minimum Gasteiger partial charge on any atom is -0.508 e.